The van der Waals surface area contributed by atoms with Crippen LogP contribution in [-0.4, -0.2) is 25.0 Å². The highest BCUT2D eigenvalue weighted by Gasteiger charge is 2.21. The Morgan fingerprint density at radius 1 is 1.18 bits per heavy atom. The molecular formula is C23H26N2O3. The van der Waals surface area contributed by atoms with E-state index in [9.17, 15) is 9.59 Å². The molecule has 0 atom stereocenters. The van der Waals surface area contributed by atoms with E-state index < -0.39 is 5.91 Å². The molecule has 28 heavy (non-hydrogen) atoms. The molecule has 0 aromatic heterocycles. The van der Waals surface area contributed by atoms with Crippen molar-refractivity contribution >= 4 is 23.6 Å². The third-order valence-corrected chi connectivity index (χ3v) is 4.83. The molecule has 3 rings (SSSR count). The van der Waals surface area contributed by atoms with Gasteiger partial charge in [-0.3, -0.25) is 9.59 Å². The van der Waals surface area contributed by atoms with Crippen LogP contribution in [-0.2, 0) is 16.0 Å². The lowest BCUT2D eigenvalue weighted by molar-refractivity contribution is -0.120. The van der Waals surface area contributed by atoms with Gasteiger partial charge in [-0.15, -0.1) is 0 Å². The molecule has 5 heteroatoms. The van der Waals surface area contributed by atoms with E-state index in [1.54, 1.807) is 24.3 Å². The van der Waals surface area contributed by atoms with Gasteiger partial charge in [0.15, 0.2) is 6.61 Å². The molecule has 0 spiro atoms. The molecule has 5 nitrogen and oxygen atoms in total. The van der Waals surface area contributed by atoms with Crippen LogP contribution in [0.25, 0.3) is 6.08 Å². The minimum Gasteiger partial charge on any atom is -0.484 e. The summed E-state index contributed by atoms with van der Waals surface area (Å²) in [5.41, 5.74) is 9.51. The number of aryl methyl sites for hydroxylation is 1. The summed E-state index contributed by atoms with van der Waals surface area (Å²) in [7, 11) is 0. The van der Waals surface area contributed by atoms with Crippen molar-refractivity contribution < 1.29 is 14.3 Å². The number of nitrogens with two attached hydrogens (primary N) is 1. The van der Waals surface area contributed by atoms with Crippen LogP contribution in [0.3, 0.4) is 0 Å². The lowest BCUT2D eigenvalue weighted by Crippen LogP contribution is -2.34. The number of benzene rings is 2. The number of carbonyl (C=O) groups is 2. The molecule has 0 saturated heterocycles. The Balaban J connectivity index is 1.69. The summed E-state index contributed by atoms with van der Waals surface area (Å²) in [5.74, 6) is 0.503. The van der Waals surface area contributed by atoms with Crippen molar-refractivity contribution in [1.82, 2.24) is 0 Å². The number of carbonyl (C=O) groups excluding carboxylic acids is 2. The van der Waals surface area contributed by atoms with Crippen LogP contribution >= 0.6 is 0 Å². The first kappa shape index (κ1) is 19.7. The minimum absolute atomic E-state index is 0.0210. The lowest BCUT2D eigenvalue weighted by Gasteiger charge is -2.29. The molecule has 0 fully saturated rings. The summed E-state index contributed by atoms with van der Waals surface area (Å²) in [4.78, 5) is 25.4. The van der Waals surface area contributed by atoms with Crippen LogP contribution in [0.15, 0.2) is 48.5 Å². The van der Waals surface area contributed by atoms with E-state index in [0.717, 1.165) is 30.6 Å². The Morgan fingerprint density at radius 2 is 1.93 bits per heavy atom. The zero-order valence-electron chi connectivity index (χ0n) is 16.4. The normalized spacial score (nSPS) is 13.6. The van der Waals surface area contributed by atoms with Gasteiger partial charge >= 0.3 is 0 Å². The van der Waals surface area contributed by atoms with Crippen molar-refractivity contribution in [2.45, 2.75) is 32.6 Å². The van der Waals surface area contributed by atoms with Crippen molar-refractivity contribution in [1.29, 1.82) is 0 Å². The molecule has 2 aromatic rings. The van der Waals surface area contributed by atoms with Gasteiger partial charge in [-0.25, -0.2) is 0 Å². The van der Waals surface area contributed by atoms with Crippen molar-refractivity contribution in [3.63, 3.8) is 0 Å². The number of fused-ring (bicyclic) bond motifs is 1. The number of hydrogen-bond donors (Lipinski definition) is 1. The van der Waals surface area contributed by atoms with Gasteiger partial charge in [0.25, 0.3) is 11.8 Å². The first-order chi connectivity index (χ1) is 13.4. The Hall–Kier alpha value is -3.08. The molecule has 0 bridgehead atoms. The topological polar surface area (TPSA) is 72.6 Å². The Bertz CT molecular complexity index is 885. The molecular weight excluding hydrogens is 352 g/mol. The second-order valence-electron chi connectivity index (χ2n) is 7.29. The van der Waals surface area contributed by atoms with Crippen molar-refractivity contribution in [3.8, 4) is 5.75 Å². The Kier molecular flexibility index (Phi) is 6.14. The summed E-state index contributed by atoms with van der Waals surface area (Å²) in [5, 5.41) is 0. The molecule has 2 N–H and O–H groups in total. The van der Waals surface area contributed by atoms with Crippen molar-refractivity contribution in [2.75, 3.05) is 18.1 Å². The van der Waals surface area contributed by atoms with Gasteiger partial charge in [0.2, 0.25) is 0 Å². The van der Waals surface area contributed by atoms with Crippen LogP contribution in [0.4, 0.5) is 5.69 Å². The fraction of sp³-hybridized carbons (Fsp3) is 0.304. The third kappa shape index (κ3) is 4.80. The highest BCUT2D eigenvalue weighted by Crippen LogP contribution is 2.30. The van der Waals surface area contributed by atoms with Gasteiger partial charge in [-0.05, 0) is 59.7 Å². The number of anilines is 1. The van der Waals surface area contributed by atoms with Crippen molar-refractivity contribution in [2.24, 2.45) is 5.73 Å². The van der Waals surface area contributed by atoms with E-state index in [-0.39, 0.29) is 12.5 Å². The van der Waals surface area contributed by atoms with E-state index in [0.29, 0.717) is 11.7 Å². The number of primary amides is 1. The number of rotatable bonds is 6. The molecule has 2 aromatic carbocycles. The quantitative estimate of drug-likeness (QED) is 0.780. The molecule has 1 heterocycles. The molecule has 146 valence electrons. The van der Waals surface area contributed by atoms with E-state index in [4.69, 9.17) is 10.5 Å². The largest absolute Gasteiger partial charge is 0.484 e. The molecule has 0 saturated carbocycles. The monoisotopic (exact) mass is 378 g/mol. The standard InChI is InChI=1S/C23H26N2O3/c1-16(2)18-8-11-21-19(14-18)4-3-13-25(21)23(27)12-7-17-5-9-20(10-6-17)28-15-22(24)26/h5-12,14,16H,3-4,13,15H2,1-2H3,(H2,24,26). The van der Waals surface area contributed by atoms with E-state index >= 15 is 0 Å². The van der Waals surface area contributed by atoms with Gasteiger partial charge in [0.1, 0.15) is 5.75 Å². The third-order valence-electron chi connectivity index (χ3n) is 4.83. The minimum atomic E-state index is -0.517. The average molecular weight is 378 g/mol. The van der Waals surface area contributed by atoms with E-state index in [2.05, 4.69) is 32.0 Å². The number of hydrogen-bond acceptors (Lipinski definition) is 3. The fourth-order valence-corrected chi connectivity index (χ4v) is 3.29. The molecule has 1 aliphatic heterocycles. The Morgan fingerprint density at radius 3 is 2.61 bits per heavy atom. The summed E-state index contributed by atoms with van der Waals surface area (Å²) in [6.45, 7) is 4.94. The molecule has 2 amide bonds. The second-order valence-corrected chi connectivity index (χ2v) is 7.29. The molecule has 0 aliphatic carbocycles. The summed E-state index contributed by atoms with van der Waals surface area (Å²) < 4.78 is 5.23. The van der Waals surface area contributed by atoms with Crippen molar-refractivity contribution in [3.05, 3.63) is 65.2 Å². The van der Waals surface area contributed by atoms with Crippen LogP contribution in [0.2, 0.25) is 0 Å². The van der Waals surface area contributed by atoms with E-state index in [1.165, 1.54) is 11.1 Å². The van der Waals surface area contributed by atoms with Gasteiger partial charge in [-0.1, -0.05) is 38.1 Å². The molecule has 0 unspecified atom stereocenters. The fourth-order valence-electron chi connectivity index (χ4n) is 3.29. The summed E-state index contributed by atoms with van der Waals surface area (Å²) in [6, 6.07) is 13.6. The lowest BCUT2D eigenvalue weighted by atomic mass is 9.94. The zero-order chi connectivity index (χ0) is 20.1. The smallest absolute Gasteiger partial charge is 0.255 e. The van der Waals surface area contributed by atoms with Gasteiger partial charge in [0.05, 0.1) is 0 Å². The number of amides is 2. The highest BCUT2D eigenvalue weighted by molar-refractivity contribution is 6.04. The van der Waals surface area contributed by atoms with Crippen LogP contribution < -0.4 is 15.4 Å². The average Bonchev–Trinajstić information content (AvgIpc) is 2.70. The Labute approximate surface area is 165 Å². The van der Waals surface area contributed by atoms with Gasteiger partial charge < -0.3 is 15.4 Å². The van der Waals surface area contributed by atoms with Crippen LogP contribution in [0.1, 0.15) is 42.9 Å². The number of ether oxygens (including phenoxy) is 1. The first-order valence-corrected chi connectivity index (χ1v) is 9.57. The zero-order valence-corrected chi connectivity index (χ0v) is 16.4. The van der Waals surface area contributed by atoms with Gasteiger partial charge in [0, 0.05) is 18.3 Å². The predicted molar refractivity (Wildman–Crippen MR) is 111 cm³/mol. The number of nitrogens with zero attached hydrogens (tertiary/aromatic N) is 1. The molecule has 0 radical (unpaired) electrons. The SMILES string of the molecule is CC(C)c1ccc2c(c1)CCCN2C(=O)C=Cc1ccc(OCC(N)=O)cc1. The first-order valence-electron chi connectivity index (χ1n) is 9.57. The second kappa shape index (κ2) is 8.74. The predicted octanol–water partition coefficient (Wildman–Crippen LogP) is 3.67. The van der Waals surface area contributed by atoms with Crippen LogP contribution in [0, 0.1) is 0 Å². The van der Waals surface area contributed by atoms with E-state index in [1.807, 2.05) is 17.0 Å². The summed E-state index contributed by atoms with van der Waals surface area (Å²) in [6.07, 6.45) is 5.37. The van der Waals surface area contributed by atoms with Crippen LogP contribution in [0.5, 0.6) is 5.75 Å². The maximum Gasteiger partial charge on any atom is 0.255 e. The summed E-state index contributed by atoms with van der Waals surface area (Å²) >= 11 is 0. The maximum absolute atomic E-state index is 12.8. The van der Waals surface area contributed by atoms with Gasteiger partial charge in [-0.2, -0.15) is 0 Å². The highest BCUT2D eigenvalue weighted by atomic mass is 16.5. The maximum atomic E-state index is 12.8. The molecule has 1 aliphatic rings.